The Kier molecular flexibility index (Phi) is 5.62. The van der Waals surface area contributed by atoms with E-state index in [1.54, 1.807) is 12.1 Å². The maximum atomic E-state index is 12.7. The molecule has 0 spiro atoms. The molecule has 0 aliphatic heterocycles. The van der Waals surface area contributed by atoms with Gasteiger partial charge in [-0.05, 0) is 48.5 Å². The molecule has 0 saturated heterocycles. The molecule has 0 N–H and O–H groups in total. The third-order valence-electron chi connectivity index (χ3n) is 4.59. The summed E-state index contributed by atoms with van der Waals surface area (Å²) in [5, 5.41) is 1.16. The van der Waals surface area contributed by atoms with Crippen LogP contribution in [0.15, 0.2) is 82.1 Å². The van der Waals surface area contributed by atoms with Crippen LogP contribution in [0.4, 0.5) is 0 Å². The summed E-state index contributed by atoms with van der Waals surface area (Å²) in [6.45, 7) is 0.420. The molecular formula is C23H18BrNO4. The second kappa shape index (κ2) is 8.49. The Hall–Kier alpha value is -3.12. The molecule has 3 aromatic carbocycles. The van der Waals surface area contributed by atoms with Crippen LogP contribution >= 0.6 is 15.9 Å². The molecule has 0 aliphatic carbocycles. The van der Waals surface area contributed by atoms with Crippen molar-refractivity contribution in [3.8, 4) is 5.75 Å². The van der Waals surface area contributed by atoms with E-state index in [-0.39, 0.29) is 31.2 Å². The van der Waals surface area contributed by atoms with Crippen LogP contribution in [0.5, 0.6) is 5.75 Å². The van der Waals surface area contributed by atoms with Crippen molar-refractivity contribution in [3.05, 3.63) is 87.5 Å². The second-order valence-electron chi connectivity index (χ2n) is 6.47. The van der Waals surface area contributed by atoms with Crippen LogP contribution in [-0.4, -0.2) is 23.8 Å². The monoisotopic (exact) mass is 451 g/mol. The first-order valence-corrected chi connectivity index (χ1v) is 9.97. The Balaban J connectivity index is 1.49. The van der Waals surface area contributed by atoms with Gasteiger partial charge in [-0.3, -0.25) is 9.59 Å². The summed E-state index contributed by atoms with van der Waals surface area (Å²) >= 11 is 3.37. The number of hydrogen-bond donors (Lipinski definition) is 0. The molecule has 6 heteroatoms. The third-order valence-corrected chi connectivity index (χ3v) is 5.12. The molecule has 0 atom stereocenters. The van der Waals surface area contributed by atoms with Gasteiger partial charge in [-0.2, -0.15) is 0 Å². The van der Waals surface area contributed by atoms with Gasteiger partial charge in [0.05, 0.1) is 11.0 Å². The van der Waals surface area contributed by atoms with E-state index in [0.717, 1.165) is 4.47 Å². The van der Waals surface area contributed by atoms with Crippen LogP contribution in [0.25, 0.3) is 21.8 Å². The van der Waals surface area contributed by atoms with Crippen molar-refractivity contribution in [1.82, 2.24) is 4.57 Å². The van der Waals surface area contributed by atoms with Gasteiger partial charge in [-0.15, -0.1) is 0 Å². The summed E-state index contributed by atoms with van der Waals surface area (Å²) in [5.74, 6) is 0.324. The number of rotatable bonds is 6. The van der Waals surface area contributed by atoms with Crippen molar-refractivity contribution in [2.24, 2.45) is 0 Å². The van der Waals surface area contributed by atoms with Gasteiger partial charge in [0.1, 0.15) is 25.5 Å². The van der Waals surface area contributed by atoms with Crippen LogP contribution in [0.3, 0.4) is 0 Å². The van der Waals surface area contributed by atoms with Gasteiger partial charge >= 0.3 is 5.97 Å². The Morgan fingerprint density at radius 1 is 0.828 bits per heavy atom. The van der Waals surface area contributed by atoms with Gasteiger partial charge in [0.25, 0.3) is 0 Å². The number of benzene rings is 3. The van der Waals surface area contributed by atoms with Crippen LogP contribution < -0.4 is 10.2 Å². The fourth-order valence-electron chi connectivity index (χ4n) is 3.27. The van der Waals surface area contributed by atoms with Crippen LogP contribution in [0.2, 0.25) is 0 Å². The first-order valence-electron chi connectivity index (χ1n) is 9.18. The van der Waals surface area contributed by atoms with Crippen molar-refractivity contribution in [2.75, 3.05) is 13.2 Å². The summed E-state index contributed by atoms with van der Waals surface area (Å²) < 4.78 is 13.7. The van der Waals surface area contributed by atoms with E-state index in [9.17, 15) is 9.59 Å². The third kappa shape index (κ3) is 4.17. The van der Waals surface area contributed by atoms with E-state index in [4.69, 9.17) is 9.47 Å². The molecule has 1 heterocycles. The topological polar surface area (TPSA) is 57.5 Å². The number of nitrogens with zero attached hydrogens (tertiary/aromatic N) is 1. The minimum absolute atomic E-state index is 0.0135. The standard InChI is InChI=1S/C23H18BrNO4/c24-16-9-11-17(12-10-16)28-13-14-29-22(26)15-25-20-7-3-1-5-18(20)23(27)19-6-2-4-8-21(19)25/h1-12H,13-15H2. The minimum atomic E-state index is -0.386. The molecule has 4 rings (SSSR count). The molecule has 1 aromatic heterocycles. The van der Waals surface area contributed by atoms with Gasteiger partial charge < -0.3 is 14.0 Å². The normalized spacial score (nSPS) is 10.9. The molecule has 5 nitrogen and oxygen atoms in total. The van der Waals surface area contributed by atoms with E-state index in [1.165, 1.54) is 0 Å². The van der Waals surface area contributed by atoms with Crippen molar-refractivity contribution in [3.63, 3.8) is 0 Å². The smallest absolute Gasteiger partial charge is 0.326 e. The van der Waals surface area contributed by atoms with Crippen LogP contribution in [-0.2, 0) is 16.1 Å². The quantitative estimate of drug-likeness (QED) is 0.245. The molecule has 0 bridgehead atoms. The van der Waals surface area contributed by atoms with Gasteiger partial charge in [0.2, 0.25) is 0 Å². The van der Waals surface area contributed by atoms with Gasteiger partial charge in [-0.25, -0.2) is 0 Å². The molecular weight excluding hydrogens is 434 g/mol. The van der Waals surface area contributed by atoms with Crippen molar-refractivity contribution in [2.45, 2.75) is 6.54 Å². The molecule has 0 fully saturated rings. The van der Waals surface area contributed by atoms with Gasteiger partial charge in [-0.1, -0.05) is 40.2 Å². The number of halogens is 1. The summed E-state index contributed by atoms with van der Waals surface area (Å²) in [6.07, 6.45) is 0. The lowest BCUT2D eigenvalue weighted by Crippen LogP contribution is -2.20. The number of carbonyl (C=O) groups excluding carboxylic acids is 1. The number of esters is 1. The highest BCUT2D eigenvalue weighted by Crippen LogP contribution is 2.19. The molecule has 146 valence electrons. The SMILES string of the molecule is O=C(Cn1c2ccccc2c(=O)c2ccccc21)OCCOc1ccc(Br)cc1. The predicted molar refractivity (Wildman–Crippen MR) is 116 cm³/mol. The van der Waals surface area contributed by atoms with Gasteiger partial charge in [0, 0.05) is 15.2 Å². The highest BCUT2D eigenvalue weighted by atomic mass is 79.9. The zero-order valence-corrected chi connectivity index (χ0v) is 17.1. The molecule has 0 saturated carbocycles. The van der Waals surface area contributed by atoms with E-state index >= 15 is 0 Å². The van der Waals surface area contributed by atoms with E-state index < -0.39 is 0 Å². The number of fused-ring (bicyclic) bond motifs is 2. The van der Waals surface area contributed by atoms with Crippen molar-refractivity contribution >= 4 is 43.7 Å². The predicted octanol–water partition coefficient (Wildman–Crippen LogP) is 4.54. The van der Waals surface area contributed by atoms with Crippen molar-refractivity contribution < 1.29 is 14.3 Å². The van der Waals surface area contributed by atoms with E-state index in [0.29, 0.717) is 27.6 Å². The number of hydrogen-bond acceptors (Lipinski definition) is 4. The second-order valence-corrected chi connectivity index (χ2v) is 7.39. The van der Waals surface area contributed by atoms with Gasteiger partial charge in [0.15, 0.2) is 5.43 Å². The highest BCUT2D eigenvalue weighted by Gasteiger charge is 2.13. The summed E-state index contributed by atoms with van der Waals surface area (Å²) in [7, 11) is 0. The molecule has 4 aromatic rings. The fraction of sp³-hybridized carbons (Fsp3) is 0.130. The molecule has 29 heavy (non-hydrogen) atoms. The van der Waals surface area contributed by atoms with Crippen LogP contribution in [0.1, 0.15) is 0 Å². The molecule has 0 amide bonds. The van der Waals surface area contributed by atoms with Crippen LogP contribution in [0, 0.1) is 0 Å². The van der Waals surface area contributed by atoms with E-state index in [2.05, 4.69) is 15.9 Å². The lowest BCUT2D eigenvalue weighted by molar-refractivity contribution is -0.144. The first kappa shape index (κ1) is 19.2. The summed E-state index contributed by atoms with van der Waals surface area (Å²) in [6, 6.07) is 22.0. The zero-order chi connectivity index (χ0) is 20.2. The number of aromatic nitrogens is 1. The maximum absolute atomic E-state index is 12.7. The summed E-state index contributed by atoms with van der Waals surface area (Å²) in [5.41, 5.74) is 1.38. The highest BCUT2D eigenvalue weighted by molar-refractivity contribution is 9.10. The van der Waals surface area contributed by atoms with E-state index in [1.807, 2.05) is 65.2 Å². The lowest BCUT2D eigenvalue weighted by Gasteiger charge is -2.14. The number of ether oxygens (including phenoxy) is 2. The summed E-state index contributed by atoms with van der Waals surface area (Å²) in [4.78, 5) is 25.2. The Bertz CT molecular complexity index is 1170. The Labute approximate surface area is 175 Å². The molecule has 0 unspecified atom stereocenters. The molecule has 0 radical (unpaired) electrons. The molecule has 0 aliphatic rings. The average molecular weight is 452 g/mol. The number of para-hydroxylation sites is 2. The fourth-order valence-corrected chi connectivity index (χ4v) is 3.53. The van der Waals surface area contributed by atoms with Crippen molar-refractivity contribution in [1.29, 1.82) is 0 Å². The first-order chi connectivity index (χ1) is 14.1. The number of pyridine rings is 1. The maximum Gasteiger partial charge on any atom is 0.326 e. The Morgan fingerprint density at radius 2 is 1.41 bits per heavy atom. The number of carbonyl (C=O) groups is 1. The minimum Gasteiger partial charge on any atom is -0.490 e. The average Bonchev–Trinajstić information content (AvgIpc) is 2.75. The zero-order valence-electron chi connectivity index (χ0n) is 15.5. The largest absolute Gasteiger partial charge is 0.490 e. The Morgan fingerprint density at radius 3 is 2.03 bits per heavy atom. The lowest BCUT2D eigenvalue weighted by atomic mass is 10.1.